The van der Waals surface area contributed by atoms with Crippen LogP contribution >= 0.6 is 23.2 Å². The van der Waals surface area contributed by atoms with Crippen molar-refractivity contribution in [3.8, 4) is 0 Å². The molecule has 0 saturated heterocycles. The first kappa shape index (κ1) is 16.9. The minimum atomic E-state index is 0.398. The smallest absolute Gasteiger partial charge is 0.200 e. The molecule has 0 aliphatic rings. The number of fused-ring (bicyclic) bond motifs is 1. The van der Waals surface area contributed by atoms with E-state index >= 15 is 0 Å². The fourth-order valence-corrected chi connectivity index (χ4v) is 2.98. The van der Waals surface area contributed by atoms with E-state index in [9.17, 15) is 0 Å². The molecule has 0 saturated carbocycles. The molecule has 1 N–H and O–H groups in total. The van der Waals surface area contributed by atoms with Crippen molar-refractivity contribution in [1.29, 1.82) is 0 Å². The van der Waals surface area contributed by atoms with Gasteiger partial charge in [-0.3, -0.25) is 0 Å². The van der Waals surface area contributed by atoms with Gasteiger partial charge in [-0.2, -0.15) is 0 Å². The second-order valence-corrected chi connectivity index (χ2v) is 6.91. The molecule has 6 nitrogen and oxygen atoms in total. The van der Waals surface area contributed by atoms with Gasteiger partial charge in [0.25, 0.3) is 0 Å². The Morgan fingerprint density at radius 1 is 1.17 bits per heavy atom. The quantitative estimate of drug-likeness (QED) is 0.721. The molecule has 0 aliphatic carbocycles. The highest BCUT2D eigenvalue weighted by Gasteiger charge is 2.16. The number of benzene rings is 1. The van der Waals surface area contributed by atoms with Crippen LogP contribution in [-0.2, 0) is 6.42 Å². The van der Waals surface area contributed by atoms with Crippen LogP contribution in [0.5, 0.6) is 0 Å². The number of halogens is 2. The first-order chi connectivity index (χ1) is 11.5. The largest absolute Gasteiger partial charge is 0.368 e. The summed E-state index contributed by atoms with van der Waals surface area (Å²) in [6.07, 6.45) is 0.869. The Labute approximate surface area is 150 Å². The summed E-state index contributed by atoms with van der Waals surface area (Å²) in [5, 5.41) is 20.3. The third kappa shape index (κ3) is 3.94. The van der Waals surface area contributed by atoms with Crippen LogP contribution in [0.15, 0.2) is 30.3 Å². The third-order valence-electron chi connectivity index (χ3n) is 4.05. The van der Waals surface area contributed by atoms with Crippen LogP contribution in [0.3, 0.4) is 0 Å². The van der Waals surface area contributed by atoms with Crippen LogP contribution < -0.4 is 5.32 Å². The van der Waals surface area contributed by atoms with Crippen LogP contribution in [0.4, 0.5) is 5.82 Å². The van der Waals surface area contributed by atoms with Crippen molar-refractivity contribution < 1.29 is 0 Å². The summed E-state index contributed by atoms with van der Waals surface area (Å²) in [5.74, 6) is 1.62. The van der Waals surface area contributed by atoms with E-state index in [1.54, 1.807) is 6.07 Å². The number of hydrogen-bond acceptors (Lipinski definition) is 5. The van der Waals surface area contributed by atoms with E-state index in [1.807, 2.05) is 24.3 Å². The van der Waals surface area contributed by atoms with Gasteiger partial charge in [0.05, 0.1) is 0 Å². The molecule has 0 radical (unpaired) electrons. The van der Waals surface area contributed by atoms with E-state index in [4.69, 9.17) is 23.2 Å². The molecule has 0 spiro atoms. The minimum Gasteiger partial charge on any atom is -0.368 e. The Morgan fingerprint density at radius 3 is 2.75 bits per heavy atom. The third-order valence-corrected chi connectivity index (χ3v) is 4.64. The van der Waals surface area contributed by atoms with E-state index in [1.165, 1.54) is 4.63 Å². The number of rotatable bonds is 6. The van der Waals surface area contributed by atoms with E-state index < -0.39 is 0 Å². The summed E-state index contributed by atoms with van der Waals surface area (Å²) in [5.41, 5.74) is 1.72. The zero-order valence-corrected chi connectivity index (χ0v) is 15.0. The van der Waals surface area contributed by atoms with Crippen molar-refractivity contribution in [2.24, 2.45) is 11.8 Å². The van der Waals surface area contributed by atoms with Gasteiger partial charge < -0.3 is 5.32 Å². The average molecular weight is 365 g/mol. The SMILES string of the molecule is CC(C)C(CNc1ccc2nnnn2n1)Cc1ccc(Cl)cc1Cl. The predicted octanol–water partition coefficient (Wildman–Crippen LogP) is 3.75. The molecule has 2 heterocycles. The molecular formula is C16H18Cl2N6. The monoisotopic (exact) mass is 364 g/mol. The summed E-state index contributed by atoms with van der Waals surface area (Å²) in [7, 11) is 0. The van der Waals surface area contributed by atoms with Gasteiger partial charge in [0, 0.05) is 16.6 Å². The fourth-order valence-electron chi connectivity index (χ4n) is 2.49. The molecule has 24 heavy (non-hydrogen) atoms. The standard InChI is InChI=1S/C16H18Cl2N6/c1-10(2)12(7-11-3-4-13(17)8-14(11)18)9-19-15-5-6-16-20-22-23-24(16)21-15/h3-6,8,10,12H,7,9H2,1-2H3,(H,19,21). The number of anilines is 1. The van der Waals surface area contributed by atoms with Crippen LogP contribution in [-0.4, -0.2) is 31.8 Å². The summed E-state index contributed by atoms with van der Waals surface area (Å²) >= 11 is 12.3. The first-order valence-corrected chi connectivity index (χ1v) is 8.52. The van der Waals surface area contributed by atoms with Crippen molar-refractivity contribution in [2.45, 2.75) is 20.3 Å². The molecule has 3 aromatic rings. The number of tetrazole rings is 1. The van der Waals surface area contributed by atoms with Gasteiger partial charge >= 0.3 is 0 Å². The molecule has 1 unspecified atom stereocenters. The van der Waals surface area contributed by atoms with Crippen molar-refractivity contribution in [3.05, 3.63) is 45.9 Å². The average Bonchev–Trinajstić information content (AvgIpc) is 3.00. The maximum absolute atomic E-state index is 6.31. The number of nitrogens with one attached hydrogen (secondary N) is 1. The normalized spacial score (nSPS) is 12.7. The predicted molar refractivity (Wildman–Crippen MR) is 95.6 cm³/mol. The number of aromatic nitrogens is 5. The second kappa shape index (κ2) is 7.32. The van der Waals surface area contributed by atoms with Crippen LogP contribution in [0.25, 0.3) is 5.65 Å². The Balaban J connectivity index is 1.69. The molecule has 126 valence electrons. The highest BCUT2D eigenvalue weighted by Crippen LogP contribution is 2.26. The highest BCUT2D eigenvalue weighted by atomic mass is 35.5. The molecule has 2 aromatic heterocycles. The lowest BCUT2D eigenvalue weighted by Gasteiger charge is -2.22. The van der Waals surface area contributed by atoms with Gasteiger partial charge in [0.2, 0.25) is 0 Å². The van der Waals surface area contributed by atoms with Crippen molar-refractivity contribution in [3.63, 3.8) is 0 Å². The molecule has 0 aliphatic heterocycles. The summed E-state index contributed by atoms with van der Waals surface area (Å²) < 4.78 is 1.41. The Morgan fingerprint density at radius 2 is 2.00 bits per heavy atom. The maximum atomic E-state index is 6.31. The Kier molecular flexibility index (Phi) is 5.16. The van der Waals surface area contributed by atoms with Crippen LogP contribution in [0.1, 0.15) is 19.4 Å². The molecule has 0 fully saturated rings. The summed E-state index contributed by atoms with van der Waals surface area (Å²) in [6, 6.07) is 9.36. The molecule has 1 aromatic carbocycles. The second-order valence-electron chi connectivity index (χ2n) is 6.07. The van der Waals surface area contributed by atoms with Gasteiger partial charge in [0.1, 0.15) is 5.82 Å². The molecule has 1 atom stereocenters. The maximum Gasteiger partial charge on any atom is 0.200 e. The molecule has 0 bridgehead atoms. The number of nitrogens with zero attached hydrogens (tertiary/aromatic N) is 5. The van der Waals surface area contributed by atoms with Gasteiger partial charge in [-0.25, -0.2) is 0 Å². The summed E-state index contributed by atoms with van der Waals surface area (Å²) in [4.78, 5) is 0. The van der Waals surface area contributed by atoms with Crippen LogP contribution in [0, 0.1) is 11.8 Å². The molecule has 3 rings (SSSR count). The first-order valence-electron chi connectivity index (χ1n) is 7.76. The van der Waals surface area contributed by atoms with E-state index in [0.717, 1.165) is 24.3 Å². The van der Waals surface area contributed by atoms with Gasteiger partial charge in [-0.1, -0.05) is 43.1 Å². The van der Waals surface area contributed by atoms with Crippen LogP contribution in [0.2, 0.25) is 10.0 Å². The van der Waals surface area contributed by atoms with E-state index in [2.05, 4.69) is 39.8 Å². The fraction of sp³-hybridized carbons (Fsp3) is 0.375. The molecular weight excluding hydrogens is 347 g/mol. The highest BCUT2D eigenvalue weighted by molar-refractivity contribution is 6.35. The lowest BCUT2D eigenvalue weighted by molar-refractivity contribution is 0.401. The van der Waals surface area contributed by atoms with Gasteiger partial charge in [-0.15, -0.1) is 14.8 Å². The van der Waals surface area contributed by atoms with E-state index in [0.29, 0.717) is 27.5 Å². The van der Waals surface area contributed by atoms with Crippen molar-refractivity contribution in [2.75, 3.05) is 11.9 Å². The topological polar surface area (TPSA) is 68.0 Å². The zero-order chi connectivity index (χ0) is 17.1. The molecule has 0 amide bonds. The lowest BCUT2D eigenvalue weighted by atomic mass is 9.89. The van der Waals surface area contributed by atoms with Gasteiger partial charge in [-0.05, 0) is 58.5 Å². The summed E-state index contributed by atoms with van der Waals surface area (Å²) in [6.45, 7) is 5.18. The van der Waals surface area contributed by atoms with Gasteiger partial charge in [0.15, 0.2) is 5.65 Å². The zero-order valence-electron chi connectivity index (χ0n) is 13.4. The number of hydrogen-bond donors (Lipinski definition) is 1. The van der Waals surface area contributed by atoms with E-state index in [-0.39, 0.29) is 0 Å². The minimum absolute atomic E-state index is 0.398. The Bertz CT molecular complexity index is 832. The Hall–Kier alpha value is -1.92. The molecule has 8 heteroatoms. The lowest BCUT2D eigenvalue weighted by Crippen LogP contribution is -2.22. The van der Waals surface area contributed by atoms with Crippen molar-refractivity contribution in [1.82, 2.24) is 25.3 Å². The van der Waals surface area contributed by atoms with Crippen molar-refractivity contribution >= 4 is 34.7 Å².